The Morgan fingerprint density at radius 1 is 1.08 bits per heavy atom. The van der Waals surface area contributed by atoms with Crippen molar-refractivity contribution in [2.24, 2.45) is 0 Å². The van der Waals surface area contributed by atoms with Crippen LogP contribution in [0.3, 0.4) is 0 Å². The molecule has 1 atom stereocenters. The van der Waals surface area contributed by atoms with E-state index in [0.717, 1.165) is 5.56 Å². The maximum Gasteiger partial charge on any atom is 0.322 e. The zero-order valence-electron chi connectivity index (χ0n) is 13.5. The second-order valence-electron chi connectivity index (χ2n) is 6.79. The van der Waals surface area contributed by atoms with Crippen LogP contribution in [0.15, 0.2) is 18.2 Å². The second-order valence-corrected chi connectivity index (χ2v) is 7.20. The second kappa shape index (κ2) is 5.55. The van der Waals surface area contributed by atoms with Crippen LogP contribution in [0.5, 0.6) is 0 Å². The number of aryl methyl sites for hydroxylation is 1. The number of rotatable bonds is 1. The predicted molar refractivity (Wildman–Crippen MR) is 85.9 cm³/mol. The molecule has 3 aliphatic rings. The molecular weight excluding hydrogens is 332 g/mol. The van der Waals surface area contributed by atoms with Crippen LogP contribution in [-0.4, -0.2) is 36.4 Å². The lowest BCUT2D eigenvalue weighted by Crippen LogP contribution is -2.47. The summed E-state index contributed by atoms with van der Waals surface area (Å²) in [5, 5.41) is 0.428. The summed E-state index contributed by atoms with van der Waals surface area (Å²) in [7, 11) is 0. The molecule has 0 bridgehead atoms. The smallest absolute Gasteiger partial charge is 0.322 e. The predicted octanol–water partition coefficient (Wildman–Crippen LogP) is 2.91. The number of ether oxygens (including phenoxy) is 3. The van der Waals surface area contributed by atoms with E-state index in [9.17, 15) is 9.59 Å². The van der Waals surface area contributed by atoms with Gasteiger partial charge < -0.3 is 14.2 Å². The van der Waals surface area contributed by atoms with Crippen LogP contribution in [0.2, 0.25) is 5.02 Å². The topological polar surface area (TPSA) is 61.8 Å². The maximum atomic E-state index is 13.1. The van der Waals surface area contributed by atoms with Crippen LogP contribution in [0.4, 0.5) is 0 Å². The molecule has 0 amide bonds. The van der Waals surface area contributed by atoms with E-state index >= 15 is 0 Å². The number of hydrogen-bond donors (Lipinski definition) is 0. The van der Waals surface area contributed by atoms with Crippen molar-refractivity contribution >= 4 is 23.4 Å². The number of carbonyl (C=O) groups excluding carboxylic acids is 2. The Kier molecular flexibility index (Phi) is 3.71. The maximum absolute atomic E-state index is 13.1. The molecule has 24 heavy (non-hydrogen) atoms. The van der Waals surface area contributed by atoms with E-state index in [0.29, 0.717) is 49.5 Å². The van der Waals surface area contributed by atoms with Gasteiger partial charge in [-0.15, -0.1) is 0 Å². The number of benzene rings is 1. The first-order valence-electron chi connectivity index (χ1n) is 8.27. The first kappa shape index (κ1) is 16.1. The molecule has 2 aliphatic heterocycles. The Bertz CT molecular complexity index is 677. The summed E-state index contributed by atoms with van der Waals surface area (Å²) in [5.41, 5.74) is 0.331. The quantitative estimate of drug-likeness (QED) is 0.575. The Balaban J connectivity index is 1.63. The van der Waals surface area contributed by atoms with Crippen molar-refractivity contribution in [3.8, 4) is 0 Å². The summed E-state index contributed by atoms with van der Waals surface area (Å²) >= 11 is 6.27. The van der Waals surface area contributed by atoms with Gasteiger partial charge in [-0.1, -0.05) is 23.7 Å². The molecule has 4 rings (SSSR count). The standard InChI is InChI=1S/C18H19ClO5/c1-11-3-2-4-12(19)13(11)14-15(20)17(24-16(14)21)5-7-18(8-6-17)22-9-10-23-18/h2-4,14H,5-10H2,1H3. The van der Waals surface area contributed by atoms with Crippen molar-refractivity contribution in [1.82, 2.24) is 0 Å². The average molecular weight is 351 g/mol. The molecule has 5 nitrogen and oxygen atoms in total. The number of halogens is 1. The van der Waals surface area contributed by atoms with E-state index in [4.69, 9.17) is 25.8 Å². The van der Waals surface area contributed by atoms with Crippen LogP contribution in [0.1, 0.15) is 42.7 Å². The van der Waals surface area contributed by atoms with Crippen molar-refractivity contribution in [1.29, 1.82) is 0 Å². The molecule has 6 heteroatoms. The Hall–Kier alpha value is -1.43. The molecular formula is C18H19ClO5. The molecule has 0 aromatic heterocycles. The van der Waals surface area contributed by atoms with E-state index in [-0.39, 0.29) is 5.78 Å². The third-order valence-corrected chi connectivity index (χ3v) is 5.77. The van der Waals surface area contributed by atoms with E-state index in [1.165, 1.54) is 0 Å². The van der Waals surface area contributed by atoms with Gasteiger partial charge in [-0.2, -0.15) is 0 Å². The molecule has 0 radical (unpaired) electrons. The minimum absolute atomic E-state index is 0.184. The van der Waals surface area contributed by atoms with Gasteiger partial charge in [-0.05, 0) is 37.0 Å². The van der Waals surface area contributed by atoms with Crippen molar-refractivity contribution in [3.63, 3.8) is 0 Å². The highest BCUT2D eigenvalue weighted by atomic mass is 35.5. The van der Waals surface area contributed by atoms with Gasteiger partial charge in [0, 0.05) is 17.9 Å². The summed E-state index contributed by atoms with van der Waals surface area (Å²) in [5.74, 6) is -2.22. The van der Waals surface area contributed by atoms with Crippen LogP contribution in [0, 0.1) is 6.92 Å². The molecule has 1 aromatic carbocycles. The highest BCUT2D eigenvalue weighted by molar-refractivity contribution is 6.32. The van der Waals surface area contributed by atoms with Crippen LogP contribution in [0.25, 0.3) is 0 Å². The fourth-order valence-electron chi connectivity index (χ4n) is 4.10. The van der Waals surface area contributed by atoms with E-state index in [2.05, 4.69) is 0 Å². The Labute approximate surface area is 145 Å². The van der Waals surface area contributed by atoms with E-state index in [1.807, 2.05) is 13.0 Å². The van der Waals surface area contributed by atoms with Gasteiger partial charge in [0.1, 0.15) is 5.92 Å². The molecule has 3 fully saturated rings. The number of esters is 1. The van der Waals surface area contributed by atoms with Gasteiger partial charge in [-0.25, -0.2) is 0 Å². The first-order valence-corrected chi connectivity index (χ1v) is 8.64. The van der Waals surface area contributed by atoms with Crippen molar-refractivity contribution < 1.29 is 23.8 Å². The highest BCUT2D eigenvalue weighted by Gasteiger charge is 2.60. The third kappa shape index (κ3) is 2.30. The Morgan fingerprint density at radius 3 is 2.38 bits per heavy atom. The molecule has 2 spiro atoms. The summed E-state index contributed by atoms with van der Waals surface area (Å²) in [6.45, 7) is 2.99. The third-order valence-electron chi connectivity index (χ3n) is 5.44. The number of carbonyl (C=O) groups is 2. The molecule has 2 saturated heterocycles. The molecule has 1 aromatic rings. The van der Waals surface area contributed by atoms with Gasteiger partial charge >= 0.3 is 5.97 Å². The SMILES string of the molecule is Cc1cccc(Cl)c1C1C(=O)OC2(CCC3(CC2)OCCO3)C1=O. The fourth-order valence-corrected chi connectivity index (χ4v) is 4.43. The summed E-state index contributed by atoms with van der Waals surface area (Å²) in [6.07, 6.45) is 1.97. The largest absolute Gasteiger partial charge is 0.450 e. The van der Waals surface area contributed by atoms with Gasteiger partial charge in [0.05, 0.1) is 13.2 Å². The summed E-state index contributed by atoms with van der Waals surface area (Å²) in [6, 6.07) is 5.36. The van der Waals surface area contributed by atoms with E-state index in [1.54, 1.807) is 12.1 Å². The van der Waals surface area contributed by atoms with Gasteiger partial charge in [0.2, 0.25) is 0 Å². The summed E-state index contributed by atoms with van der Waals surface area (Å²) in [4.78, 5) is 25.6. The molecule has 128 valence electrons. The number of hydrogen-bond acceptors (Lipinski definition) is 5. The fraction of sp³-hybridized carbons (Fsp3) is 0.556. The zero-order valence-corrected chi connectivity index (χ0v) is 14.2. The van der Waals surface area contributed by atoms with Crippen molar-refractivity contribution in [2.45, 2.75) is 49.9 Å². The molecule has 2 heterocycles. The molecule has 1 unspecified atom stereocenters. The summed E-state index contributed by atoms with van der Waals surface area (Å²) < 4.78 is 17.0. The normalized spacial score (nSPS) is 27.8. The highest BCUT2D eigenvalue weighted by Crippen LogP contribution is 2.49. The molecule has 0 N–H and O–H groups in total. The minimum Gasteiger partial charge on any atom is -0.450 e. The lowest BCUT2D eigenvalue weighted by Gasteiger charge is -2.39. The van der Waals surface area contributed by atoms with Crippen molar-refractivity contribution in [3.05, 3.63) is 34.3 Å². The first-order chi connectivity index (χ1) is 11.5. The van der Waals surface area contributed by atoms with Crippen molar-refractivity contribution in [2.75, 3.05) is 13.2 Å². The zero-order chi connectivity index (χ0) is 16.9. The molecule has 1 saturated carbocycles. The van der Waals surface area contributed by atoms with Gasteiger partial charge in [0.25, 0.3) is 0 Å². The lowest BCUT2D eigenvalue weighted by atomic mass is 9.75. The van der Waals surface area contributed by atoms with Crippen LogP contribution < -0.4 is 0 Å². The van der Waals surface area contributed by atoms with Crippen LogP contribution in [-0.2, 0) is 23.8 Å². The lowest BCUT2D eigenvalue weighted by molar-refractivity contribution is -0.204. The number of ketones is 1. The minimum atomic E-state index is -1.06. The van der Waals surface area contributed by atoms with Gasteiger partial charge in [-0.3, -0.25) is 9.59 Å². The Morgan fingerprint density at radius 2 is 1.75 bits per heavy atom. The number of Topliss-reactive ketones (excluding diaryl/α,β-unsaturated/α-hetero) is 1. The van der Waals surface area contributed by atoms with Gasteiger partial charge in [0.15, 0.2) is 17.2 Å². The average Bonchev–Trinajstić information content (AvgIpc) is 3.09. The van der Waals surface area contributed by atoms with E-state index < -0.39 is 23.3 Å². The molecule has 1 aliphatic carbocycles. The monoisotopic (exact) mass is 350 g/mol. The van der Waals surface area contributed by atoms with Crippen LogP contribution >= 0.6 is 11.6 Å².